The first-order valence-electron chi connectivity index (χ1n) is 7.26. The Morgan fingerprint density at radius 3 is 2.41 bits per heavy atom. The zero-order chi connectivity index (χ0) is 15.4. The molecule has 0 aliphatic carbocycles. The number of nitrogens with one attached hydrogen (secondary N) is 1. The summed E-state index contributed by atoms with van der Waals surface area (Å²) in [6.07, 6.45) is 1.81. The average Bonchev–Trinajstić information content (AvgIpc) is 2.55. The third-order valence-corrected chi connectivity index (χ3v) is 3.59. The van der Waals surface area contributed by atoms with Gasteiger partial charge in [-0.05, 0) is 25.1 Å². The van der Waals surface area contributed by atoms with Crippen molar-refractivity contribution < 1.29 is 5.11 Å². The highest BCUT2D eigenvalue weighted by molar-refractivity contribution is 5.61. The van der Waals surface area contributed by atoms with Crippen LogP contribution in [0.25, 0.3) is 11.3 Å². The SMILES string of the molecule is Cc1ccc(-c2ccc(NCc3ccccc3O)cn2)cc1. The van der Waals surface area contributed by atoms with Crippen LogP contribution in [0.3, 0.4) is 0 Å². The number of phenols is 1. The van der Waals surface area contributed by atoms with E-state index in [1.807, 2.05) is 36.5 Å². The van der Waals surface area contributed by atoms with Crippen molar-refractivity contribution in [3.05, 3.63) is 78.0 Å². The third kappa shape index (κ3) is 3.26. The molecule has 22 heavy (non-hydrogen) atoms. The van der Waals surface area contributed by atoms with Crippen LogP contribution in [0.15, 0.2) is 66.9 Å². The molecule has 3 heteroatoms. The first-order chi connectivity index (χ1) is 10.7. The van der Waals surface area contributed by atoms with E-state index in [1.54, 1.807) is 6.07 Å². The normalized spacial score (nSPS) is 10.4. The zero-order valence-electron chi connectivity index (χ0n) is 12.5. The number of pyridine rings is 1. The number of aryl methyl sites for hydroxylation is 1. The van der Waals surface area contributed by atoms with Crippen LogP contribution >= 0.6 is 0 Å². The molecule has 2 N–H and O–H groups in total. The van der Waals surface area contributed by atoms with Gasteiger partial charge in [-0.3, -0.25) is 4.98 Å². The summed E-state index contributed by atoms with van der Waals surface area (Å²) in [7, 11) is 0. The molecule has 0 fully saturated rings. The predicted octanol–water partition coefficient (Wildman–Crippen LogP) is 4.37. The number of hydrogen-bond donors (Lipinski definition) is 2. The van der Waals surface area contributed by atoms with Crippen LogP contribution in [0, 0.1) is 6.92 Å². The topological polar surface area (TPSA) is 45.1 Å². The van der Waals surface area contributed by atoms with Crippen molar-refractivity contribution in [2.24, 2.45) is 0 Å². The summed E-state index contributed by atoms with van der Waals surface area (Å²) in [6, 6.07) is 19.6. The molecule has 0 bridgehead atoms. The zero-order valence-corrected chi connectivity index (χ0v) is 12.5. The molecule has 0 radical (unpaired) electrons. The molecule has 110 valence electrons. The van der Waals surface area contributed by atoms with Crippen LogP contribution in [-0.2, 0) is 6.54 Å². The highest BCUT2D eigenvalue weighted by Crippen LogP contribution is 2.20. The Labute approximate surface area is 130 Å². The van der Waals surface area contributed by atoms with Gasteiger partial charge in [-0.2, -0.15) is 0 Å². The van der Waals surface area contributed by atoms with Gasteiger partial charge in [0.25, 0.3) is 0 Å². The van der Waals surface area contributed by atoms with Crippen molar-refractivity contribution >= 4 is 5.69 Å². The molecule has 0 atom stereocenters. The van der Waals surface area contributed by atoms with Crippen molar-refractivity contribution in [2.75, 3.05) is 5.32 Å². The second-order valence-electron chi connectivity index (χ2n) is 5.28. The fourth-order valence-corrected chi connectivity index (χ4v) is 2.25. The van der Waals surface area contributed by atoms with E-state index in [4.69, 9.17) is 0 Å². The Morgan fingerprint density at radius 1 is 0.955 bits per heavy atom. The lowest BCUT2D eigenvalue weighted by molar-refractivity contribution is 0.469. The lowest BCUT2D eigenvalue weighted by atomic mass is 10.1. The Morgan fingerprint density at radius 2 is 1.73 bits per heavy atom. The van der Waals surface area contributed by atoms with Gasteiger partial charge < -0.3 is 10.4 Å². The quantitative estimate of drug-likeness (QED) is 0.749. The third-order valence-electron chi connectivity index (χ3n) is 3.59. The average molecular weight is 290 g/mol. The van der Waals surface area contributed by atoms with E-state index in [1.165, 1.54) is 5.56 Å². The summed E-state index contributed by atoms with van der Waals surface area (Å²) < 4.78 is 0. The maximum Gasteiger partial charge on any atom is 0.120 e. The van der Waals surface area contributed by atoms with E-state index in [9.17, 15) is 5.11 Å². The van der Waals surface area contributed by atoms with Crippen LogP contribution in [0.4, 0.5) is 5.69 Å². The second kappa shape index (κ2) is 6.31. The number of anilines is 1. The number of phenolic OH excluding ortho intramolecular Hbond substituents is 1. The van der Waals surface area contributed by atoms with Crippen molar-refractivity contribution in [2.45, 2.75) is 13.5 Å². The lowest BCUT2D eigenvalue weighted by Gasteiger charge is -2.08. The van der Waals surface area contributed by atoms with E-state index in [0.29, 0.717) is 12.3 Å². The number of aromatic nitrogens is 1. The maximum atomic E-state index is 9.75. The fraction of sp³-hybridized carbons (Fsp3) is 0.105. The predicted molar refractivity (Wildman–Crippen MR) is 89.8 cm³/mol. The Bertz CT molecular complexity index is 749. The van der Waals surface area contributed by atoms with Gasteiger partial charge in [0, 0.05) is 17.7 Å². The Balaban J connectivity index is 1.69. The molecule has 3 rings (SSSR count). The smallest absolute Gasteiger partial charge is 0.120 e. The van der Waals surface area contributed by atoms with Crippen molar-refractivity contribution in [1.29, 1.82) is 0 Å². The molecule has 2 aromatic carbocycles. The van der Waals surface area contributed by atoms with E-state index in [2.05, 4.69) is 41.5 Å². The van der Waals surface area contributed by atoms with Crippen LogP contribution in [0.1, 0.15) is 11.1 Å². The number of rotatable bonds is 4. The van der Waals surface area contributed by atoms with Crippen LogP contribution in [0.5, 0.6) is 5.75 Å². The summed E-state index contributed by atoms with van der Waals surface area (Å²) in [4.78, 5) is 4.49. The summed E-state index contributed by atoms with van der Waals surface area (Å²) in [6.45, 7) is 2.64. The lowest BCUT2D eigenvalue weighted by Crippen LogP contribution is -2.00. The van der Waals surface area contributed by atoms with E-state index >= 15 is 0 Å². The van der Waals surface area contributed by atoms with Gasteiger partial charge in [0.2, 0.25) is 0 Å². The van der Waals surface area contributed by atoms with Crippen LogP contribution in [0.2, 0.25) is 0 Å². The number of para-hydroxylation sites is 1. The van der Waals surface area contributed by atoms with Gasteiger partial charge in [-0.1, -0.05) is 48.0 Å². The minimum Gasteiger partial charge on any atom is -0.508 e. The molecule has 0 unspecified atom stereocenters. The molecule has 0 saturated carbocycles. The second-order valence-corrected chi connectivity index (χ2v) is 5.28. The van der Waals surface area contributed by atoms with Gasteiger partial charge in [0.15, 0.2) is 0 Å². The molecule has 0 aliphatic rings. The van der Waals surface area contributed by atoms with Crippen molar-refractivity contribution in [3.8, 4) is 17.0 Å². The van der Waals surface area contributed by atoms with E-state index in [-0.39, 0.29) is 0 Å². The standard InChI is InChI=1S/C19H18N2O/c1-14-6-8-15(9-7-14)18-11-10-17(13-21-18)20-12-16-4-2-3-5-19(16)22/h2-11,13,20,22H,12H2,1H3. The Hall–Kier alpha value is -2.81. The molecule has 0 amide bonds. The molecule has 1 heterocycles. The largest absolute Gasteiger partial charge is 0.508 e. The summed E-state index contributed by atoms with van der Waals surface area (Å²) in [5, 5.41) is 13.0. The number of nitrogens with zero attached hydrogens (tertiary/aromatic N) is 1. The monoisotopic (exact) mass is 290 g/mol. The molecule has 0 aliphatic heterocycles. The summed E-state index contributed by atoms with van der Waals surface area (Å²) >= 11 is 0. The van der Waals surface area contributed by atoms with Gasteiger partial charge in [-0.15, -0.1) is 0 Å². The molecule has 3 nitrogen and oxygen atoms in total. The molecule has 0 spiro atoms. The summed E-state index contributed by atoms with van der Waals surface area (Å²) in [5.74, 6) is 0.305. The molecule has 0 saturated heterocycles. The van der Waals surface area contributed by atoms with Gasteiger partial charge in [-0.25, -0.2) is 0 Å². The first-order valence-corrected chi connectivity index (χ1v) is 7.26. The van der Waals surface area contributed by atoms with Gasteiger partial charge in [0.1, 0.15) is 5.75 Å². The van der Waals surface area contributed by atoms with Crippen LogP contribution < -0.4 is 5.32 Å². The molecule has 3 aromatic rings. The number of hydrogen-bond acceptors (Lipinski definition) is 3. The summed E-state index contributed by atoms with van der Waals surface area (Å²) in [5.41, 5.74) is 5.10. The highest BCUT2D eigenvalue weighted by atomic mass is 16.3. The van der Waals surface area contributed by atoms with Gasteiger partial charge in [0.05, 0.1) is 17.6 Å². The maximum absolute atomic E-state index is 9.75. The highest BCUT2D eigenvalue weighted by Gasteiger charge is 2.01. The first kappa shape index (κ1) is 14.1. The Kier molecular flexibility index (Phi) is 4.05. The van der Waals surface area contributed by atoms with E-state index < -0.39 is 0 Å². The molecule has 1 aromatic heterocycles. The number of aromatic hydroxyl groups is 1. The molecular weight excluding hydrogens is 272 g/mol. The van der Waals surface area contributed by atoms with Crippen molar-refractivity contribution in [3.63, 3.8) is 0 Å². The van der Waals surface area contributed by atoms with Crippen LogP contribution in [-0.4, -0.2) is 10.1 Å². The van der Waals surface area contributed by atoms with E-state index in [0.717, 1.165) is 22.5 Å². The van der Waals surface area contributed by atoms with Gasteiger partial charge >= 0.3 is 0 Å². The minimum atomic E-state index is 0.305. The minimum absolute atomic E-state index is 0.305. The van der Waals surface area contributed by atoms with Crippen molar-refractivity contribution in [1.82, 2.24) is 4.98 Å². The number of benzene rings is 2. The fourth-order valence-electron chi connectivity index (χ4n) is 2.25. The molecular formula is C19H18N2O.